The summed E-state index contributed by atoms with van der Waals surface area (Å²) in [5, 5.41) is 24.6. The Balaban J connectivity index is -0.000000310. The van der Waals surface area contributed by atoms with Crippen molar-refractivity contribution in [1.29, 1.82) is 0 Å². The van der Waals surface area contributed by atoms with Crippen molar-refractivity contribution in [1.82, 2.24) is 0 Å². The SMILES string of the molecule is C=CCS(=O)CCC(=O)[O-].NCC1(CN)CCCCC1.O=[N+]([O-])[O-].[Pt+2]. The Hall–Kier alpha value is -0.832. The molecule has 0 amide bonds. The summed E-state index contributed by atoms with van der Waals surface area (Å²) in [5.41, 5.74) is 11.7. The van der Waals surface area contributed by atoms with E-state index in [1.54, 1.807) is 0 Å². The van der Waals surface area contributed by atoms with Crippen molar-refractivity contribution < 1.29 is 40.3 Å². The molecule has 1 aliphatic carbocycles. The first-order chi connectivity index (χ1) is 11.2. The summed E-state index contributed by atoms with van der Waals surface area (Å²) in [4.78, 5) is 18.1. The Morgan fingerprint density at radius 1 is 1.20 bits per heavy atom. The first-order valence-electron chi connectivity index (χ1n) is 7.60. The largest absolute Gasteiger partial charge is 2.00 e. The number of hydrogen-bond donors (Lipinski definition) is 2. The topological polar surface area (TPSA) is 175 Å². The Labute approximate surface area is 165 Å². The van der Waals surface area contributed by atoms with Crippen LogP contribution in [0.3, 0.4) is 0 Å². The van der Waals surface area contributed by atoms with Gasteiger partial charge in [-0.15, -0.1) is 6.58 Å². The maximum absolute atomic E-state index is 10.7. The zero-order valence-electron chi connectivity index (χ0n) is 14.1. The fourth-order valence-corrected chi connectivity index (χ4v) is 3.03. The molecular formula is C14H27N3O6PtS. The summed E-state index contributed by atoms with van der Waals surface area (Å²) in [6, 6.07) is 0. The van der Waals surface area contributed by atoms with Gasteiger partial charge in [-0.1, -0.05) is 25.3 Å². The van der Waals surface area contributed by atoms with E-state index in [1.165, 1.54) is 38.2 Å². The van der Waals surface area contributed by atoms with Crippen molar-refractivity contribution in [3.63, 3.8) is 0 Å². The quantitative estimate of drug-likeness (QED) is 0.242. The number of carbonyl (C=O) groups excluding carboxylic acids is 1. The van der Waals surface area contributed by atoms with E-state index in [-0.39, 0.29) is 33.2 Å². The van der Waals surface area contributed by atoms with Gasteiger partial charge < -0.3 is 36.7 Å². The standard InChI is InChI=1S/C8H18N2.C6H10O3S.NO3.Pt/c9-6-8(7-10)4-2-1-3-5-8;1-2-4-10(9)5-3-6(7)8;2-1(3)4;/h1-7,9-10H2;2H,1,3-5H2,(H,7,8);;/q;;-1;+2/p-1. The number of carboxylic acid groups (broad SMARTS) is 1. The van der Waals surface area contributed by atoms with Gasteiger partial charge in [0.05, 0.1) is 5.09 Å². The van der Waals surface area contributed by atoms with Gasteiger partial charge in [-0.05, 0) is 37.8 Å². The number of carbonyl (C=O) groups is 1. The van der Waals surface area contributed by atoms with Crippen LogP contribution in [0.25, 0.3) is 0 Å². The first kappa shape index (κ1) is 29.0. The van der Waals surface area contributed by atoms with Crippen molar-refractivity contribution in [3.8, 4) is 0 Å². The second kappa shape index (κ2) is 18.0. The molecule has 1 atom stereocenters. The number of aliphatic carboxylic acids is 1. The smallest absolute Gasteiger partial charge is 0.550 e. The van der Waals surface area contributed by atoms with Gasteiger partial charge in [0.15, 0.2) is 0 Å². The zero-order valence-corrected chi connectivity index (χ0v) is 17.2. The van der Waals surface area contributed by atoms with Crippen molar-refractivity contribution in [2.45, 2.75) is 38.5 Å². The van der Waals surface area contributed by atoms with E-state index in [4.69, 9.17) is 26.8 Å². The minimum absolute atomic E-state index is 0. The van der Waals surface area contributed by atoms with E-state index >= 15 is 0 Å². The second-order valence-electron chi connectivity index (χ2n) is 5.41. The van der Waals surface area contributed by atoms with Crippen LogP contribution in [-0.2, 0) is 36.7 Å². The molecule has 0 aliphatic heterocycles. The molecule has 0 radical (unpaired) electrons. The monoisotopic (exact) mass is 560 g/mol. The maximum atomic E-state index is 10.7. The molecule has 1 rings (SSSR count). The molecule has 0 saturated heterocycles. The van der Waals surface area contributed by atoms with E-state index < -0.39 is 21.9 Å². The Kier molecular flexibility index (Phi) is 20.8. The molecule has 1 unspecified atom stereocenters. The van der Waals surface area contributed by atoms with Gasteiger partial charge in [0.25, 0.3) is 0 Å². The number of rotatable bonds is 7. The molecule has 1 aliphatic rings. The fourth-order valence-electron chi connectivity index (χ4n) is 2.21. The summed E-state index contributed by atoms with van der Waals surface area (Å²) >= 11 is 0. The van der Waals surface area contributed by atoms with Crippen LogP contribution in [0.1, 0.15) is 38.5 Å². The molecule has 0 aromatic rings. The van der Waals surface area contributed by atoms with E-state index in [0.717, 1.165) is 13.1 Å². The molecule has 150 valence electrons. The van der Waals surface area contributed by atoms with Gasteiger partial charge in [0, 0.05) is 28.3 Å². The number of carboxylic acids is 1. The second-order valence-corrected chi connectivity index (χ2v) is 7.04. The van der Waals surface area contributed by atoms with Crippen molar-refractivity contribution in [2.24, 2.45) is 16.9 Å². The molecule has 0 heterocycles. The van der Waals surface area contributed by atoms with Crippen LogP contribution in [0.4, 0.5) is 0 Å². The van der Waals surface area contributed by atoms with E-state index in [9.17, 15) is 14.1 Å². The van der Waals surface area contributed by atoms with Gasteiger partial charge >= 0.3 is 21.1 Å². The summed E-state index contributed by atoms with van der Waals surface area (Å²) in [5.74, 6) is -0.640. The van der Waals surface area contributed by atoms with Crippen molar-refractivity contribution in [2.75, 3.05) is 24.6 Å². The Morgan fingerprint density at radius 2 is 1.64 bits per heavy atom. The summed E-state index contributed by atoms with van der Waals surface area (Å²) in [7, 11) is -1.08. The van der Waals surface area contributed by atoms with E-state index in [0.29, 0.717) is 11.2 Å². The van der Waals surface area contributed by atoms with Gasteiger partial charge in [-0.3, -0.25) is 4.21 Å². The molecule has 0 bridgehead atoms. The summed E-state index contributed by atoms with van der Waals surface area (Å²) in [6.45, 7) is 4.93. The van der Waals surface area contributed by atoms with E-state index in [1.807, 2.05) is 0 Å². The van der Waals surface area contributed by atoms with Crippen LogP contribution in [0, 0.1) is 20.7 Å². The van der Waals surface area contributed by atoms with Crippen LogP contribution < -0.4 is 16.6 Å². The summed E-state index contributed by atoms with van der Waals surface area (Å²) in [6.07, 6.45) is 7.90. The number of nitrogens with two attached hydrogens (primary N) is 2. The van der Waals surface area contributed by atoms with Crippen LogP contribution in [0.5, 0.6) is 0 Å². The van der Waals surface area contributed by atoms with Crippen LogP contribution >= 0.6 is 0 Å². The van der Waals surface area contributed by atoms with Crippen molar-refractivity contribution >= 4 is 16.8 Å². The third-order valence-corrected chi connectivity index (χ3v) is 4.88. The maximum Gasteiger partial charge on any atom is 2.00 e. The van der Waals surface area contributed by atoms with Crippen LogP contribution in [0.15, 0.2) is 12.7 Å². The van der Waals surface area contributed by atoms with Crippen LogP contribution in [0.2, 0.25) is 0 Å². The molecule has 25 heavy (non-hydrogen) atoms. The Bertz CT molecular complexity index is 396. The summed E-state index contributed by atoms with van der Waals surface area (Å²) < 4.78 is 10.7. The molecule has 9 nitrogen and oxygen atoms in total. The molecule has 1 saturated carbocycles. The van der Waals surface area contributed by atoms with Crippen molar-refractivity contribution in [3.05, 3.63) is 28.0 Å². The average molecular weight is 561 g/mol. The molecular weight excluding hydrogens is 533 g/mol. The molecule has 0 aromatic heterocycles. The van der Waals surface area contributed by atoms with Gasteiger partial charge in [0.1, 0.15) is 0 Å². The average Bonchev–Trinajstić information content (AvgIpc) is 2.54. The molecule has 0 spiro atoms. The van der Waals surface area contributed by atoms with Crippen LogP contribution in [-0.4, -0.2) is 39.9 Å². The van der Waals surface area contributed by atoms with Gasteiger partial charge in [-0.2, -0.15) is 0 Å². The normalized spacial score (nSPS) is 15.8. The third kappa shape index (κ3) is 19.3. The molecule has 11 heteroatoms. The number of nitrogens with zero attached hydrogens (tertiary/aromatic N) is 1. The number of hydrogen-bond acceptors (Lipinski definition) is 8. The Morgan fingerprint density at radius 3 is 1.92 bits per heavy atom. The fraction of sp³-hybridized carbons (Fsp3) is 0.786. The predicted octanol–water partition coefficient (Wildman–Crippen LogP) is -0.326. The molecule has 0 aromatic carbocycles. The minimum Gasteiger partial charge on any atom is -0.550 e. The molecule has 4 N–H and O–H groups in total. The minimum atomic E-state index is -1.75. The molecule has 1 fully saturated rings. The van der Waals surface area contributed by atoms with E-state index in [2.05, 4.69) is 6.58 Å². The predicted molar refractivity (Wildman–Crippen MR) is 91.7 cm³/mol. The first-order valence-corrected chi connectivity index (χ1v) is 9.09. The van der Waals surface area contributed by atoms with Gasteiger partial charge in [-0.25, -0.2) is 0 Å². The zero-order chi connectivity index (χ0) is 19.0. The third-order valence-electron chi connectivity index (χ3n) is 3.62. The van der Waals surface area contributed by atoms with Gasteiger partial charge in [0.2, 0.25) is 0 Å².